The topological polar surface area (TPSA) is 79.3 Å². The van der Waals surface area contributed by atoms with Gasteiger partial charge in [-0.3, -0.25) is 0 Å². The molecule has 0 amide bonds. The van der Waals surface area contributed by atoms with Crippen molar-refractivity contribution in [3.63, 3.8) is 0 Å². The molecule has 0 unspecified atom stereocenters. The molecule has 2 aromatic rings. The maximum atomic E-state index is 13.5. The fourth-order valence-corrected chi connectivity index (χ4v) is 5.59. The Morgan fingerprint density at radius 3 is 2.64 bits per heavy atom. The molecule has 1 heterocycles. The van der Waals surface area contributed by atoms with Gasteiger partial charge in [-0.05, 0) is 51.4 Å². The van der Waals surface area contributed by atoms with E-state index in [9.17, 15) is 13.5 Å². The van der Waals surface area contributed by atoms with Crippen LogP contribution in [0.3, 0.4) is 0 Å². The molecule has 3 rings (SSSR count). The lowest BCUT2D eigenvalue weighted by Gasteiger charge is -2.37. The lowest BCUT2D eigenvalue weighted by molar-refractivity contribution is 0.0812. The second-order valence-electron chi connectivity index (χ2n) is 8.61. The quantitative estimate of drug-likeness (QED) is 0.674. The second-order valence-corrected chi connectivity index (χ2v) is 10.5. The van der Waals surface area contributed by atoms with E-state index in [1.807, 2.05) is 50.2 Å². The Hall–Kier alpha value is -2.57. The van der Waals surface area contributed by atoms with E-state index in [0.29, 0.717) is 17.9 Å². The third-order valence-electron chi connectivity index (χ3n) is 5.66. The third kappa shape index (κ3) is 5.68. The summed E-state index contributed by atoms with van der Waals surface area (Å²) in [6, 6.07) is 11.8. The zero-order chi connectivity index (χ0) is 24.2. The minimum absolute atomic E-state index is 0.0845. The molecule has 0 spiro atoms. The average molecular weight is 473 g/mol. The van der Waals surface area contributed by atoms with Crippen LogP contribution in [0.25, 0.3) is 0 Å². The molecule has 0 radical (unpaired) electrons. The number of para-hydroxylation sites is 1. The predicted molar refractivity (Wildman–Crippen MR) is 128 cm³/mol. The zero-order valence-corrected chi connectivity index (χ0v) is 20.6. The lowest BCUT2D eigenvalue weighted by Crippen LogP contribution is -2.49. The molecule has 1 aliphatic rings. The van der Waals surface area contributed by atoms with Gasteiger partial charge in [0.05, 0.1) is 19.3 Å². The molecule has 0 aromatic heterocycles. The molecule has 0 fully saturated rings. The van der Waals surface area contributed by atoms with Gasteiger partial charge in [-0.1, -0.05) is 30.9 Å². The summed E-state index contributed by atoms with van der Waals surface area (Å²) in [5.41, 5.74) is 1.37. The van der Waals surface area contributed by atoms with Crippen molar-refractivity contribution in [2.45, 2.75) is 30.9 Å². The maximum Gasteiger partial charge on any atom is 0.247 e. The summed E-state index contributed by atoms with van der Waals surface area (Å²) in [5, 5.41) is 9.72. The van der Waals surface area contributed by atoms with Gasteiger partial charge in [-0.25, -0.2) is 8.42 Å². The first-order valence-electron chi connectivity index (χ1n) is 10.9. The number of hydrogen-bond acceptors (Lipinski definition) is 6. The van der Waals surface area contributed by atoms with Gasteiger partial charge in [0.15, 0.2) is 0 Å². The summed E-state index contributed by atoms with van der Waals surface area (Å²) < 4.78 is 40.0. The molecule has 3 atom stereocenters. The Morgan fingerprint density at radius 1 is 1.24 bits per heavy atom. The third-order valence-corrected chi connectivity index (χ3v) is 7.68. The van der Waals surface area contributed by atoms with Crippen molar-refractivity contribution in [1.29, 1.82) is 0 Å². The van der Waals surface area contributed by atoms with E-state index in [-0.39, 0.29) is 35.8 Å². The van der Waals surface area contributed by atoms with E-state index < -0.39 is 16.1 Å². The van der Waals surface area contributed by atoms with Gasteiger partial charge in [0, 0.05) is 30.6 Å². The molecule has 178 valence electrons. The number of aliphatic hydroxyl groups excluding tert-OH is 1. The Kier molecular flexibility index (Phi) is 8.03. The minimum atomic E-state index is -3.87. The van der Waals surface area contributed by atoms with Crippen molar-refractivity contribution in [2.75, 3.05) is 40.9 Å². The largest absolute Gasteiger partial charge is 0.495 e. The molecule has 0 saturated heterocycles. The number of likely N-dealkylation sites (N-methyl/N-ethyl adjacent to an activating group) is 1. The van der Waals surface area contributed by atoms with Gasteiger partial charge in [0.1, 0.15) is 22.5 Å². The Bertz CT molecular complexity index is 1140. The van der Waals surface area contributed by atoms with Crippen molar-refractivity contribution in [1.82, 2.24) is 9.21 Å². The van der Waals surface area contributed by atoms with E-state index in [0.717, 1.165) is 5.56 Å². The summed E-state index contributed by atoms with van der Waals surface area (Å²) in [4.78, 5) is 2.10. The predicted octanol–water partition coefficient (Wildman–Crippen LogP) is 2.43. The van der Waals surface area contributed by atoms with Crippen LogP contribution in [0, 0.1) is 17.8 Å². The van der Waals surface area contributed by atoms with Crippen LogP contribution in [-0.4, -0.2) is 75.8 Å². The maximum absolute atomic E-state index is 13.5. The molecule has 7 nitrogen and oxygen atoms in total. The molecule has 1 N–H and O–H groups in total. The van der Waals surface area contributed by atoms with Crippen LogP contribution in [0.2, 0.25) is 0 Å². The van der Waals surface area contributed by atoms with Gasteiger partial charge >= 0.3 is 0 Å². The molecular formula is C25H32N2O5S. The highest BCUT2D eigenvalue weighted by Crippen LogP contribution is 2.34. The fraction of sp³-hybridized carbons (Fsp3) is 0.440. The first-order chi connectivity index (χ1) is 15.7. The smallest absolute Gasteiger partial charge is 0.247 e. The van der Waals surface area contributed by atoms with Crippen molar-refractivity contribution in [3.8, 4) is 23.3 Å². The van der Waals surface area contributed by atoms with Crippen molar-refractivity contribution < 1.29 is 23.0 Å². The van der Waals surface area contributed by atoms with Crippen LogP contribution in [0.5, 0.6) is 11.5 Å². The Balaban J connectivity index is 2.09. The molecule has 0 saturated carbocycles. The summed E-state index contributed by atoms with van der Waals surface area (Å²) in [7, 11) is 1.63. The Morgan fingerprint density at radius 2 is 1.97 bits per heavy atom. The number of nitrogens with zero attached hydrogens (tertiary/aromatic N) is 2. The molecular weight excluding hydrogens is 440 g/mol. The van der Waals surface area contributed by atoms with Crippen LogP contribution in [0.1, 0.15) is 25.0 Å². The second kappa shape index (κ2) is 10.6. The van der Waals surface area contributed by atoms with Gasteiger partial charge in [0.2, 0.25) is 10.0 Å². The fourth-order valence-electron chi connectivity index (χ4n) is 3.77. The van der Waals surface area contributed by atoms with E-state index in [2.05, 4.69) is 11.8 Å². The normalized spacial score (nSPS) is 21.1. The van der Waals surface area contributed by atoms with Crippen LogP contribution < -0.4 is 9.47 Å². The molecule has 1 aliphatic heterocycles. The summed E-state index contributed by atoms with van der Waals surface area (Å²) in [6.45, 7) is 4.30. The van der Waals surface area contributed by atoms with Crippen molar-refractivity contribution in [2.24, 2.45) is 5.92 Å². The van der Waals surface area contributed by atoms with Gasteiger partial charge in [-0.2, -0.15) is 4.31 Å². The zero-order valence-electron chi connectivity index (χ0n) is 19.8. The van der Waals surface area contributed by atoms with Crippen LogP contribution in [-0.2, 0) is 10.0 Å². The van der Waals surface area contributed by atoms with Crippen LogP contribution in [0.15, 0.2) is 47.4 Å². The standard InChI is InChI=1S/C25H32N2O5S/c1-18-15-27(19(2)17-28)33(29,30)25-13-11-20(14-23(25)32-24(18)16-26(3)4)10-12-21-8-6-7-9-22(21)31-5/h6-9,11,13-14,18-19,24,28H,15-17H2,1-5H3/t18-,19+,24-/m0/s1. The number of ether oxygens (including phenoxy) is 2. The summed E-state index contributed by atoms with van der Waals surface area (Å²) in [6.07, 6.45) is -0.236. The average Bonchev–Trinajstić information content (AvgIpc) is 2.79. The highest BCUT2D eigenvalue weighted by molar-refractivity contribution is 7.89. The van der Waals surface area contributed by atoms with Crippen molar-refractivity contribution in [3.05, 3.63) is 53.6 Å². The number of hydrogen-bond donors (Lipinski definition) is 1. The Labute approximate surface area is 197 Å². The molecule has 0 bridgehead atoms. The highest BCUT2D eigenvalue weighted by Gasteiger charge is 2.37. The number of aliphatic hydroxyl groups is 1. The summed E-state index contributed by atoms with van der Waals surface area (Å²) in [5.74, 6) is 7.04. The molecule has 33 heavy (non-hydrogen) atoms. The monoisotopic (exact) mass is 472 g/mol. The first-order valence-corrected chi connectivity index (χ1v) is 12.3. The molecule has 0 aliphatic carbocycles. The SMILES string of the molecule is COc1ccccc1C#Cc1ccc2c(c1)O[C@@H](CN(C)C)[C@@H](C)CN([C@H](C)CO)S2(=O)=O. The van der Waals surface area contributed by atoms with E-state index in [4.69, 9.17) is 9.47 Å². The first kappa shape index (κ1) is 25.1. The van der Waals surface area contributed by atoms with Gasteiger partial charge < -0.3 is 19.5 Å². The number of methoxy groups -OCH3 is 1. The number of benzene rings is 2. The van der Waals surface area contributed by atoms with E-state index in [1.165, 1.54) is 10.4 Å². The van der Waals surface area contributed by atoms with E-state index >= 15 is 0 Å². The minimum Gasteiger partial charge on any atom is -0.495 e. The number of rotatable bonds is 5. The van der Waals surface area contributed by atoms with Crippen LogP contribution >= 0.6 is 0 Å². The summed E-state index contributed by atoms with van der Waals surface area (Å²) >= 11 is 0. The van der Waals surface area contributed by atoms with Crippen molar-refractivity contribution >= 4 is 10.0 Å². The van der Waals surface area contributed by atoms with Gasteiger partial charge in [-0.15, -0.1) is 0 Å². The molecule has 8 heteroatoms. The number of fused-ring (bicyclic) bond motifs is 1. The number of sulfonamides is 1. The van der Waals surface area contributed by atoms with Gasteiger partial charge in [0.25, 0.3) is 0 Å². The van der Waals surface area contributed by atoms with Crippen LogP contribution in [0.4, 0.5) is 0 Å². The van der Waals surface area contributed by atoms with E-state index in [1.54, 1.807) is 26.2 Å². The molecule has 2 aromatic carbocycles. The highest BCUT2D eigenvalue weighted by atomic mass is 32.2. The lowest BCUT2D eigenvalue weighted by atomic mass is 10.0.